The van der Waals surface area contributed by atoms with Gasteiger partial charge in [-0.2, -0.15) is 17.0 Å². The van der Waals surface area contributed by atoms with Gasteiger partial charge < -0.3 is 14.8 Å². The van der Waals surface area contributed by atoms with E-state index in [1.54, 1.807) is 19.2 Å². The van der Waals surface area contributed by atoms with Crippen molar-refractivity contribution in [2.75, 3.05) is 47.4 Å². The minimum Gasteiger partial charge on any atom is -0.493 e. The Morgan fingerprint density at radius 2 is 2.00 bits per heavy atom. The van der Waals surface area contributed by atoms with Gasteiger partial charge in [-0.05, 0) is 25.0 Å². The van der Waals surface area contributed by atoms with Crippen molar-refractivity contribution < 1.29 is 22.7 Å². The number of methoxy groups -OCH3 is 1. The molecular formula is C17H27N3O5S. The van der Waals surface area contributed by atoms with Gasteiger partial charge in [-0.1, -0.05) is 12.1 Å². The van der Waals surface area contributed by atoms with Crippen molar-refractivity contribution >= 4 is 16.1 Å². The molecule has 8 nitrogen and oxygen atoms in total. The predicted octanol–water partition coefficient (Wildman–Crippen LogP) is 0.709. The van der Waals surface area contributed by atoms with E-state index in [4.69, 9.17) is 9.47 Å². The lowest BCUT2D eigenvalue weighted by Crippen LogP contribution is -2.49. The molecule has 1 atom stereocenters. The summed E-state index contributed by atoms with van der Waals surface area (Å²) in [5.74, 6) is 0.762. The number of carbonyl (C=O) groups is 1. The van der Waals surface area contributed by atoms with Crippen LogP contribution in [0.3, 0.4) is 0 Å². The minimum atomic E-state index is -3.49. The van der Waals surface area contributed by atoms with Crippen LogP contribution < -0.4 is 14.8 Å². The van der Waals surface area contributed by atoms with Crippen molar-refractivity contribution in [2.24, 2.45) is 5.92 Å². The van der Waals surface area contributed by atoms with Gasteiger partial charge in [-0.25, -0.2) is 0 Å². The molecule has 1 aliphatic rings. The molecule has 0 spiro atoms. The van der Waals surface area contributed by atoms with Crippen molar-refractivity contribution in [3.8, 4) is 11.5 Å². The van der Waals surface area contributed by atoms with Crippen molar-refractivity contribution in [1.82, 2.24) is 13.9 Å². The summed E-state index contributed by atoms with van der Waals surface area (Å²) in [5, 5.41) is 2.82. The van der Waals surface area contributed by atoms with Gasteiger partial charge in [0, 0.05) is 27.2 Å². The van der Waals surface area contributed by atoms with Crippen LogP contribution in [0.25, 0.3) is 0 Å². The van der Waals surface area contributed by atoms with Crippen LogP contribution >= 0.6 is 0 Å². The Morgan fingerprint density at radius 3 is 2.65 bits per heavy atom. The SMILES string of the molecule is COc1ccccc1OCCNC(=O)[C@@H]1CCCN(S(=O)(=O)N(C)C)C1. The second kappa shape index (κ2) is 9.20. The fourth-order valence-electron chi connectivity index (χ4n) is 2.81. The van der Waals surface area contributed by atoms with Crippen LogP contribution in [0.15, 0.2) is 24.3 Å². The number of hydrogen-bond donors (Lipinski definition) is 1. The molecule has 0 radical (unpaired) electrons. The summed E-state index contributed by atoms with van der Waals surface area (Å²) in [6.07, 6.45) is 1.35. The maximum absolute atomic E-state index is 12.3. The summed E-state index contributed by atoms with van der Waals surface area (Å²) in [4.78, 5) is 12.3. The lowest BCUT2D eigenvalue weighted by atomic mass is 9.99. The lowest BCUT2D eigenvalue weighted by Gasteiger charge is -2.32. The first-order chi connectivity index (χ1) is 12.4. The van der Waals surface area contributed by atoms with Crippen molar-refractivity contribution in [2.45, 2.75) is 12.8 Å². The molecule has 1 fully saturated rings. The summed E-state index contributed by atoms with van der Waals surface area (Å²) in [6, 6.07) is 7.30. The number of nitrogens with zero attached hydrogens (tertiary/aromatic N) is 2. The smallest absolute Gasteiger partial charge is 0.281 e. The maximum Gasteiger partial charge on any atom is 0.281 e. The molecule has 0 aromatic heterocycles. The standard InChI is InChI=1S/C17H27N3O5S/c1-19(2)26(22,23)20-11-6-7-14(13-20)17(21)18-10-12-25-16-9-5-4-8-15(16)24-3/h4-5,8-9,14H,6-7,10-13H2,1-3H3,(H,18,21)/t14-/m1/s1. The van der Waals surface area contributed by atoms with Gasteiger partial charge in [0.15, 0.2) is 11.5 Å². The number of benzene rings is 1. The molecule has 0 aliphatic carbocycles. The zero-order valence-electron chi connectivity index (χ0n) is 15.5. The van der Waals surface area contributed by atoms with Crippen LogP contribution in [-0.2, 0) is 15.0 Å². The molecule has 1 saturated heterocycles. The summed E-state index contributed by atoms with van der Waals surface area (Å²) < 4.78 is 37.8. The normalized spacial score (nSPS) is 18.5. The predicted molar refractivity (Wildman–Crippen MR) is 98.4 cm³/mol. The van der Waals surface area contributed by atoms with E-state index in [1.165, 1.54) is 22.7 Å². The number of hydrogen-bond acceptors (Lipinski definition) is 5. The van der Waals surface area contributed by atoms with Crippen LogP contribution in [0.2, 0.25) is 0 Å². The average molecular weight is 385 g/mol. The minimum absolute atomic E-state index is 0.146. The number of carbonyl (C=O) groups excluding carboxylic acids is 1. The van der Waals surface area contributed by atoms with Crippen molar-refractivity contribution in [1.29, 1.82) is 0 Å². The van der Waals surface area contributed by atoms with Gasteiger partial charge in [0.25, 0.3) is 10.2 Å². The molecule has 1 heterocycles. The number of para-hydroxylation sites is 2. The largest absolute Gasteiger partial charge is 0.493 e. The van der Waals surface area contributed by atoms with E-state index in [0.717, 1.165) is 0 Å². The van der Waals surface area contributed by atoms with Crippen LogP contribution in [0.4, 0.5) is 0 Å². The lowest BCUT2D eigenvalue weighted by molar-refractivity contribution is -0.126. The second-order valence-corrected chi connectivity index (χ2v) is 8.42. The first kappa shape index (κ1) is 20.5. The molecule has 1 aromatic carbocycles. The molecular weight excluding hydrogens is 358 g/mol. The van der Waals surface area contributed by atoms with Gasteiger partial charge >= 0.3 is 0 Å². The zero-order chi connectivity index (χ0) is 19.2. The van der Waals surface area contributed by atoms with Gasteiger partial charge in [0.05, 0.1) is 19.6 Å². The quantitative estimate of drug-likeness (QED) is 0.666. The molecule has 1 aliphatic heterocycles. The third kappa shape index (κ3) is 5.09. The molecule has 1 amide bonds. The van der Waals surface area contributed by atoms with Gasteiger partial charge in [0.1, 0.15) is 6.61 Å². The molecule has 1 aromatic rings. The highest BCUT2D eigenvalue weighted by Crippen LogP contribution is 2.25. The zero-order valence-corrected chi connectivity index (χ0v) is 16.3. The first-order valence-corrected chi connectivity index (χ1v) is 9.97. The molecule has 2 rings (SSSR count). The Balaban J connectivity index is 1.80. The van der Waals surface area contributed by atoms with E-state index in [1.807, 2.05) is 12.1 Å². The number of amides is 1. The number of rotatable bonds is 8. The third-order valence-electron chi connectivity index (χ3n) is 4.27. The average Bonchev–Trinajstić information content (AvgIpc) is 2.65. The molecule has 146 valence electrons. The van der Waals surface area contributed by atoms with Crippen molar-refractivity contribution in [3.05, 3.63) is 24.3 Å². The Morgan fingerprint density at radius 1 is 1.31 bits per heavy atom. The molecule has 0 unspecified atom stereocenters. The van der Waals surface area contributed by atoms with Crippen molar-refractivity contribution in [3.63, 3.8) is 0 Å². The Labute approximate surface area is 155 Å². The van der Waals surface area contributed by atoms with Crippen LogP contribution in [-0.4, -0.2) is 70.4 Å². The first-order valence-electron chi connectivity index (χ1n) is 8.57. The van der Waals surface area contributed by atoms with Crippen LogP contribution in [0.1, 0.15) is 12.8 Å². The number of ether oxygens (including phenoxy) is 2. The van der Waals surface area contributed by atoms with Crippen LogP contribution in [0.5, 0.6) is 11.5 Å². The van der Waals surface area contributed by atoms with Gasteiger partial charge in [-0.3, -0.25) is 4.79 Å². The van der Waals surface area contributed by atoms with E-state index in [9.17, 15) is 13.2 Å². The Kier molecular flexibility index (Phi) is 7.24. The highest BCUT2D eigenvalue weighted by molar-refractivity contribution is 7.86. The topological polar surface area (TPSA) is 88.2 Å². The summed E-state index contributed by atoms with van der Waals surface area (Å²) in [6.45, 7) is 1.30. The van der Waals surface area contributed by atoms with E-state index >= 15 is 0 Å². The fourth-order valence-corrected chi connectivity index (χ4v) is 4.00. The number of piperidine rings is 1. The highest BCUT2D eigenvalue weighted by atomic mass is 32.2. The summed E-state index contributed by atoms with van der Waals surface area (Å²) in [5.41, 5.74) is 0. The maximum atomic E-state index is 12.3. The van der Waals surface area contributed by atoms with Crippen LogP contribution in [0, 0.1) is 5.92 Å². The summed E-state index contributed by atoms with van der Waals surface area (Å²) in [7, 11) is 1.07. The molecule has 0 bridgehead atoms. The molecule has 1 N–H and O–H groups in total. The second-order valence-electron chi connectivity index (χ2n) is 6.28. The number of nitrogens with one attached hydrogen (secondary N) is 1. The monoisotopic (exact) mass is 385 g/mol. The molecule has 0 saturated carbocycles. The van der Waals surface area contributed by atoms with Gasteiger partial charge in [0.2, 0.25) is 5.91 Å². The van der Waals surface area contributed by atoms with E-state index < -0.39 is 10.2 Å². The fraction of sp³-hybridized carbons (Fsp3) is 0.588. The third-order valence-corrected chi connectivity index (χ3v) is 6.18. The summed E-state index contributed by atoms with van der Waals surface area (Å²) >= 11 is 0. The van der Waals surface area contributed by atoms with E-state index in [-0.39, 0.29) is 18.4 Å². The molecule has 26 heavy (non-hydrogen) atoms. The van der Waals surface area contributed by atoms with E-state index in [2.05, 4.69) is 5.32 Å². The van der Waals surface area contributed by atoms with Gasteiger partial charge in [-0.15, -0.1) is 0 Å². The Bertz CT molecular complexity index is 708. The Hall–Kier alpha value is -1.84. The highest BCUT2D eigenvalue weighted by Gasteiger charge is 2.33. The molecule has 9 heteroatoms. The van der Waals surface area contributed by atoms with E-state index in [0.29, 0.717) is 44.0 Å².